The topological polar surface area (TPSA) is 112 Å². The molecule has 1 amide bonds. The van der Waals surface area contributed by atoms with E-state index < -0.39 is 15.7 Å². The highest BCUT2D eigenvalue weighted by Gasteiger charge is 2.38. The number of thioether (sulfide) groups is 1. The highest BCUT2D eigenvalue weighted by Crippen LogP contribution is 2.30. The summed E-state index contributed by atoms with van der Waals surface area (Å²) >= 11 is 0.756. The molecule has 0 bridgehead atoms. The zero-order valence-corrected chi connectivity index (χ0v) is 18.3. The number of amides is 1. The summed E-state index contributed by atoms with van der Waals surface area (Å²) in [6.07, 6.45) is 2.41. The van der Waals surface area contributed by atoms with Crippen LogP contribution >= 0.6 is 11.8 Å². The van der Waals surface area contributed by atoms with Gasteiger partial charge in [-0.05, 0) is 48.0 Å². The molecule has 0 unspecified atom stereocenters. The molecule has 0 saturated heterocycles. The van der Waals surface area contributed by atoms with Crippen molar-refractivity contribution in [2.45, 2.75) is 13.0 Å². The Bertz CT molecular complexity index is 1250. The maximum atomic E-state index is 12.4. The van der Waals surface area contributed by atoms with E-state index in [4.69, 9.17) is 10.1 Å². The fourth-order valence-electron chi connectivity index (χ4n) is 2.93. The number of fused-ring (bicyclic) bond motifs is 1. The van der Waals surface area contributed by atoms with Crippen molar-refractivity contribution in [1.82, 2.24) is 5.01 Å². The van der Waals surface area contributed by atoms with Crippen LogP contribution in [0.2, 0.25) is 0 Å². The molecule has 0 aliphatic carbocycles. The van der Waals surface area contributed by atoms with Crippen molar-refractivity contribution in [3.05, 3.63) is 71.3 Å². The second-order valence-electron chi connectivity index (χ2n) is 6.90. The minimum Gasteiger partial charge on any atom is -0.486 e. The van der Waals surface area contributed by atoms with E-state index in [1.54, 1.807) is 24.3 Å². The summed E-state index contributed by atoms with van der Waals surface area (Å²) in [5.41, 5.74) is 1.75. The molecule has 0 spiro atoms. The molecule has 0 radical (unpaired) electrons. The van der Waals surface area contributed by atoms with E-state index in [0.717, 1.165) is 28.6 Å². The van der Waals surface area contributed by atoms with Gasteiger partial charge in [0.2, 0.25) is 19.4 Å². The molecule has 2 aliphatic heterocycles. The number of carbonyl (C=O) groups excluding carboxylic acids is 1. The maximum Gasteiger partial charge on any atom is 0.283 e. The number of hydrogen-bond acceptors (Lipinski definition) is 7. The molecule has 2 aromatic rings. The first kappa shape index (κ1) is 21.0. The number of sulfone groups is 1. The minimum atomic E-state index is -3.56. The number of hydrogen-bond donors (Lipinski definition) is 1. The fraction of sp³-hybridized carbons (Fsp3) is 0.143. The number of rotatable bonds is 4. The van der Waals surface area contributed by atoms with Crippen LogP contribution in [0.1, 0.15) is 24.2 Å². The zero-order valence-electron chi connectivity index (χ0n) is 16.6. The van der Waals surface area contributed by atoms with Gasteiger partial charge >= 0.3 is 0 Å². The summed E-state index contributed by atoms with van der Waals surface area (Å²) in [6.45, 7) is 1.96. The van der Waals surface area contributed by atoms with E-state index in [1.807, 2.05) is 37.3 Å². The van der Waals surface area contributed by atoms with E-state index in [2.05, 4.69) is 10.1 Å². The van der Waals surface area contributed by atoms with Crippen LogP contribution in [-0.2, 0) is 14.6 Å². The number of carbonyl (C=O) groups is 1. The van der Waals surface area contributed by atoms with Gasteiger partial charge in [0.25, 0.3) is 5.91 Å². The van der Waals surface area contributed by atoms with Crippen molar-refractivity contribution < 1.29 is 17.9 Å². The molecule has 4 rings (SSSR count). The fourth-order valence-corrected chi connectivity index (χ4v) is 4.61. The third kappa shape index (κ3) is 4.44. The molecule has 1 N–H and O–H groups in total. The Hall–Kier alpha value is -3.24. The van der Waals surface area contributed by atoms with Gasteiger partial charge in [-0.2, -0.15) is 10.0 Å². The Labute approximate surface area is 183 Å². The third-order valence-corrected chi connectivity index (χ3v) is 7.10. The summed E-state index contributed by atoms with van der Waals surface area (Å²) in [5, 5.41) is 13.3. The highest BCUT2D eigenvalue weighted by atomic mass is 32.3. The van der Waals surface area contributed by atoms with Gasteiger partial charge in [0.1, 0.15) is 11.9 Å². The van der Waals surface area contributed by atoms with Crippen molar-refractivity contribution in [2.75, 3.05) is 6.26 Å². The van der Waals surface area contributed by atoms with Crippen molar-refractivity contribution >= 4 is 49.0 Å². The number of hydrazone groups is 1. The molecule has 10 heteroatoms. The van der Waals surface area contributed by atoms with Crippen LogP contribution in [0.4, 0.5) is 0 Å². The first-order chi connectivity index (χ1) is 14.7. The van der Waals surface area contributed by atoms with Crippen molar-refractivity contribution in [3.63, 3.8) is 0 Å². The summed E-state index contributed by atoms with van der Waals surface area (Å²) in [4.78, 5) is 16.3. The summed E-state index contributed by atoms with van der Waals surface area (Å²) < 4.78 is 29.2. The standard InChI is InChI=1S/C21H18N4O4S2/c1-13(15-6-4-3-5-7-15)29-16-10-8-14(9-11-16)12-17-18(22)25-20(23-19(17)26)30-21(24-25)31(2,27)28/h3-13,22H,1-2H3/b17-12-,22-18?/t13-/m1/s1. The van der Waals surface area contributed by atoms with Gasteiger partial charge in [0.05, 0.1) is 5.57 Å². The first-order valence-electron chi connectivity index (χ1n) is 9.24. The second-order valence-corrected chi connectivity index (χ2v) is 10.0. The lowest BCUT2D eigenvalue weighted by Gasteiger charge is -2.20. The zero-order chi connectivity index (χ0) is 22.2. The molecule has 1 atom stereocenters. The molecule has 158 valence electrons. The number of nitrogens with zero attached hydrogens (tertiary/aromatic N) is 3. The van der Waals surface area contributed by atoms with Gasteiger partial charge in [-0.15, -0.1) is 5.10 Å². The van der Waals surface area contributed by atoms with Crippen molar-refractivity contribution in [3.8, 4) is 5.75 Å². The third-order valence-electron chi connectivity index (χ3n) is 4.53. The van der Waals surface area contributed by atoms with Gasteiger partial charge in [-0.3, -0.25) is 10.2 Å². The molecule has 0 aromatic heterocycles. The molecule has 0 fully saturated rings. The lowest BCUT2D eigenvalue weighted by molar-refractivity contribution is -0.114. The average Bonchev–Trinajstić information content (AvgIpc) is 3.18. The molecular weight excluding hydrogens is 436 g/mol. The van der Waals surface area contributed by atoms with Crippen LogP contribution in [0.25, 0.3) is 6.08 Å². The van der Waals surface area contributed by atoms with Crippen LogP contribution in [0.15, 0.2) is 70.3 Å². The molecule has 31 heavy (non-hydrogen) atoms. The Morgan fingerprint density at radius 3 is 2.45 bits per heavy atom. The van der Waals surface area contributed by atoms with E-state index in [9.17, 15) is 13.2 Å². The highest BCUT2D eigenvalue weighted by molar-refractivity contribution is 8.42. The molecule has 8 nitrogen and oxygen atoms in total. The summed E-state index contributed by atoms with van der Waals surface area (Å²) in [6, 6.07) is 16.9. The Balaban J connectivity index is 1.53. The number of amidine groups is 2. The SMILES string of the molecule is C[C@@H](Oc1ccc(/C=C2/C(=N)N3N=C(S(C)(=O)=O)SC3=NC2=O)cc1)c1ccccc1. The van der Waals surface area contributed by atoms with Crippen LogP contribution in [0.5, 0.6) is 5.75 Å². The van der Waals surface area contributed by atoms with E-state index in [-0.39, 0.29) is 27.1 Å². The maximum absolute atomic E-state index is 12.4. The van der Waals surface area contributed by atoms with Crippen LogP contribution in [0.3, 0.4) is 0 Å². The Kier molecular flexibility index (Phi) is 5.50. The van der Waals surface area contributed by atoms with Gasteiger partial charge in [-0.25, -0.2) is 8.42 Å². The largest absolute Gasteiger partial charge is 0.486 e. The normalized spacial score (nSPS) is 18.5. The van der Waals surface area contributed by atoms with Gasteiger partial charge in [0, 0.05) is 6.26 Å². The quantitative estimate of drug-likeness (QED) is 0.708. The molecule has 2 aliphatic rings. The van der Waals surface area contributed by atoms with E-state index >= 15 is 0 Å². The molecular formula is C21H18N4O4S2. The van der Waals surface area contributed by atoms with E-state index in [0.29, 0.717) is 11.3 Å². The predicted octanol–water partition coefficient (Wildman–Crippen LogP) is 3.45. The monoisotopic (exact) mass is 454 g/mol. The minimum absolute atomic E-state index is 0.0224. The number of aliphatic imine (C=N–C) groups is 1. The van der Waals surface area contributed by atoms with Crippen molar-refractivity contribution in [1.29, 1.82) is 5.41 Å². The number of benzene rings is 2. The van der Waals surface area contributed by atoms with Crippen molar-refractivity contribution in [2.24, 2.45) is 10.1 Å². The van der Waals surface area contributed by atoms with E-state index in [1.165, 1.54) is 6.08 Å². The van der Waals surface area contributed by atoms with Gasteiger partial charge in [0.15, 0.2) is 5.84 Å². The first-order valence-corrected chi connectivity index (χ1v) is 11.9. The summed E-state index contributed by atoms with van der Waals surface area (Å²) in [7, 11) is -3.56. The molecule has 2 heterocycles. The van der Waals surface area contributed by atoms with Gasteiger partial charge in [-0.1, -0.05) is 42.5 Å². The van der Waals surface area contributed by atoms with Crippen LogP contribution in [0, 0.1) is 5.41 Å². The van der Waals surface area contributed by atoms with Crippen LogP contribution < -0.4 is 4.74 Å². The van der Waals surface area contributed by atoms with Crippen LogP contribution in [-0.4, -0.2) is 41.0 Å². The van der Waals surface area contributed by atoms with Gasteiger partial charge < -0.3 is 4.74 Å². The lowest BCUT2D eigenvalue weighted by Crippen LogP contribution is -2.35. The summed E-state index contributed by atoms with van der Waals surface area (Å²) in [5.74, 6) is -0.173. The lowest BCUT2D eigenvalue weighted by atomic mass is 10.1. The smallest absolute Gasteiger partial charge is 0.283 e. The average molecular weight is 455 g/mol. The number of ether oxygens (including phenoxy) is 1. The second kappa shape index (κ2) is 8.12. The Morgan fingerprint density at radius 2 is 1.81 bits per heavy atom. The molecule has 0 saturated carbocycles. The number of nitrogens with one attached hydrogen (secondary N) is 1. The Morgan fingerprint density at radius 1 is 1.13 bits per heavy atom. The molecule has 2 aromatic carbocycles. The predicted molar refractivity (Wildman–Crippen MR) is 122 cm³/mol.